The number of carbonyl (C=O) groups is 1. The fraction of sp³-hybridized carbons (Fsp3) is 0.364. The molecule has 0 fully saturated rings. The maximum absolute atomic E-state index is 11.9. The van der Waals surface area contributed by atoms with Crippen LogP contribution < -0.4 is 4.72 Å². The minimum atomic E-state index is -3.94. The zero-order valence-corrected chi connectivity index (χ0v) is 11.0. The van der Waals surface area contributed by atoms with Crippen LogP contribution >= 0.6 is 0 Å². The first-order chi connectivity index (χ1) is 8.81. The summed E-state index contributed by atoms with van der Waals surface area (Å²) in [6.45, 7) is 1.34. The van der Waals surface area contributed by atoms with Crippen molar-refractivity contribution in [3.05, 3.63) is 23.8 Å². The van der Waals surface area contributed by atoms with E-state index < -0.39 is 33.3 Å². The Hall–Kier alpha value is -1.64. The van der Waals surface area contributed by atoms with E-state index in [4.69, 9.17) is 10.2 Å². The third-order valence-electron chi connectivity index (χ3n) is 2.54. The zero-order valence-electron chi connectivity index (χ0n) is 10.2. The first-order valence-corrected chi connectivity index (χ1v) is 6.99. The molecule has 0 saturated heterocycles. The predicted molar refractivity (Wildman–Crippen MR) is 66.6 cm³/mol. The molecule has 0 unspecified atom stereocenters. The van der Waals surface area contributed by atoms with E-state index in [2.05, 4.69) is 4.72 Å². The van der Waals surface area contributed by atoms with Gasteiger partial charge in [-0.2, -0.15) is 0 Å². The van der Waals surface area contributed by atoms with Crippen molar-refractivity contribution in [2.45, 2.75) is 24.3 Å². The molecule has 0 heterocycles. The maximum Gasteiger partial charge on any atom is 0.339 e. The summed E-state index contributed by atoms with van der Waals surface area (Å²) >= 11 is 0. The van der Waals surface area contributed by atoms with Gasteiger partial charge in [0, 0.05) is 6.04 Å². The van der Waals surface area contributed by atoms with Gasteiger partial charge in [0.1, 0.15) is 11.3 Å². The molecule has 4 N–H and O–H groups in total. The lowest BCUT2D eigenvalue weighted by Crippen LogP contribution is -2.36. The van der Waals surface area contributed by atoms with Crippen LogP contribution in [-0.2, 0) is 10.0 Å². The normalized spacial score (nSPS) is 13.2. The van der Waals surface area contributed by atoms with Gasteiger partial charge in [-0.05, 0) is 24.6 Å². The standard InChI is InChI=1S/C11H15NO6S/c1-2-7(6-13)12-19(17,18)8-3-4-10(14)9(5-8)11(15)16/h3-5,7,12-14H,2,6H2,1H3,(H,15,16)/t7-/m1/s1. The van der Waals surface area contributed by atoms with Crippen molar-refractivity contribution in [3.8, 4) is 5.75 Å². The van der Waals surface area contributed by atoms with Crippen molar-refractivity contribution < 1.29 is 28.5 Å². The van der Waals surface area contributed by atoms with Gasteiger partial charge in [0.2, 0.25) is 10.0 Å². The van der Waals surface area contributed by atoms with Crippen LogP contribution in [0.4, 0.5) is 0 Å². The number of phenols is 1. The number of hydrogen-bond donors (Lipinski definition) is 4. The number of sulfonamides is 1. The van der Waals surface area contributed by atoms with E-state index in [1.54, 1.807) is 6.92 Å². The molecule has 0 radical (unpaired) electrons. The van der Waals surface area contributed by atoms with Crippen molar-refractivity contribution in [1.29, 1.82) is 0 Å². The van der Waals surface area contributed by atoms with Crippen LogP contribution in [-0.4, -0.2) is 42.4 Å². The van der Waals surface area contributed by atoms with E-state index in [0.717, 1.165) is 18.2 Å². The van der Waals surface area contributed by atoms with Gasteiger partial charge >= 0.3 is 5.97 Å². The summed E-state index contributed by atoms with van der Waals surface area (Å²) < 4.78 is 26.1. The molecule has 1 aromatic rings. The number of nitrogens with one attached hydrogen (secondary N) is 1. The number of aliphatic hydroxyl groups is 1. The third kappa shape index (κ3) is 3.66. The third-order valence-corrected chi connectivity index (χ3v) is 4.06. The molecule has 0 aromatic heterocycles. The number of hydrogen-bond acceptors (Lipinski definition) is 5. The number of benzene rings is 1. The van der Waals surface area contributed by atoms with Crippen LogP contribution in [0.25, 0.3) is 0 Å². The van der Waals surface area contributed by atoms with E-state index in [-0.39, 0.29) is 11.5 Å². The second-order valence-electron chi connectivity index (χ2n) is 3.89. The second kappa shape index (κ2) is 6.00. The summed E-state index contributed by atoms with van der Waals surface area (Å²) in [5, 5.41) is 27.1. The van der Waals surface area contributed by atoms with Crippen LogP contribution in [0.1, 0.15) is 23.7 Å². The number of aliphatic hydroxyl groups excluding tert-OH is 1. The first-order valence-electron chi connectivity index (χ1n) is 5.51. The molecule has 0 aliphatic carbocycles. The highest BCUT2D eigenvalue weighted by Crippen LogP contribution is 2.21. The fourth-order valence-corrected chi connectivity index (χ4v) is 2.73. The lowest BCUT2D eigenvalue weighted by Gasteiger charge is -2.14. The van der Waals surface area contributed by atoms with E-state index in [1.807, 2.05) is 0 Å². The van der Waals surface area contributed by atoms with Crippen LogP contribution in [0, 0.1) is 0 Å². The highest BCUT2D eigenvalue weighted by molar-refractivity contribution is 7.89. The van der Waals surface area contributed by atoms with Crippen LogP contribution in [0.5, 0.6) is 5.75 Å². The van der Waals surface area contributed by atoms with Crippen LogP contribution in [0.2, 0.25) is 0 Å². The fourth-order valence-electron chi connectivity index (χ4n) is 1.39. The largest absolute Gasteiger partial charge is 0.507 e. The van der Waals surface area contributed by atoms with Crippen molar-refractivity contribution in [2.24, 2.45) is 0 Å². The number of carboxylic acid groups (broad SMARTS) is 1. The lowest BCUT2D eigenvalue weighted by molar-refractivity contribution is 0.0693. The van der Waals surface area contributed by atoms with Crippen LogP contribution in [0.3, 0.4) is 0 Å². The molecular formula is C11H15NO6S. The summed E-state index contributed by atoms with van der Waals surface area (Å²) in [4.78, 5) is 10.5. The van der Waals surface area contributed by atoms with Crippen molar-refractivity contribution in [1.82, 2.24) is 4.72 Å². The molecule has 0 aliphatic heterocycles. The van der Waals surface area contributed by atoms with Crippen molar-refractivity contribution >= 4 is 16.0 Å². The molecule has 8 heteroatoms. The van der Waals surface area contributed by atoms with Gasteiger partial charge in [-0.3, -0.25) is 0 Å². The molecule has 19 heavy (non-hydrogen) atoms. The Morgan fingerprint density at radius 3 is 2.53 bits per heavy atom. The SMILES string of the molecule is CC[C@H](CO)NS(=O)(=O)c1ccc(O)c(C(=O)O)c1. The Balaban J connectivity index is 3.15. The Morgan fingerprint density at radius 1 is 1.42 bits per heavy atom. The topological polar surface area (TPSA) is 124 Å². The van der Waals surface area contributed by atoms with Crippen molar-refractivity contribution in [2.75, 3.05) is 6.61 Å². The summed E-state index contributed by atoms with van der Waals surface area (Å²) in [6.07, 6.45) is 0.388. The van der Waals surface area contributed by atoms with E-state index in [0.29, 0.717) is 6.42 Å². The molecule has 0 spiro atoms. The Kier molecular flexibility index (Phi) is 4.87. The maximum atomic E-state index is 11.9. The monoisotopic (exact) mass is 289 g/mol. The van der Waals surface area contributed by atoms with Gasteiger partial charge in [-0.25, -0.2) is 17.9 Å². The van der Waals surface area contributed by atoms with Crippen molar-refractivity contribution in [3.63, 3.8) is 0 Å². The number of carboxylic acids is 1. The first kappa shape index (κ1) is 15.4. The van der Waals surface area contributed by atoms with Crippen LogP contribution in [0.15, 0.2) is 23.1 Å². The molecule has 7 nitrogen and oxygen atoms in total. The lowest BCUT2D eigenvalue weighted by atomic mass is 10.2. The average molecular weight is 289 g/mol. The summed E-state index contributed by atoms with van der Waals surface area (Å²) in [5.41, 5.74) is -0.500. The Labute approximate surface area is 110 Å². The molecule has 1 aromatic carbocycles. The average Bonchev–Trinajstić information content (AvgIpc) is 2.35. The molecule has 0 saturated carbocycles. The molecule has 0 aliphatic rings. The summed E-state index contributed by atoms with van der Waals surface area (Å²) in [5.74, 6) is -1.94. The predicted octanol–water partition coefficient (Wildman–Crippen LogP) is 0.140. The minimum absolute atomic E-state index is 0.283. The zero-order chi connectivity index (χ0) is 14.6. The molecule has 106 valence electrons. The Bertz CT molecular complexity index is 565. The highest BCUT2D eigenvalue weighted by atomic mass is 32.2. The summed E-state index contributed by atoms with van der Waals surface area (Å²) in [6, 6.07) is 2.31. The summed E-state index contributed by atoms with van der Waals surface area (Å²) in [7, 11) is -3.94. The molecular weight excluding hydrogens is 274 g/mol. The Morgan fingerprint density at radius 2 is 2.05 bits per heavy atom. The highest BCUT2D eigenvalue weighted by Gasteiger charge is 2.21. The molecule has 0 amide bonds. The van der Waals surface area contributed by atoms with Gasteiger partial charge in [0.15, 0.2) is 0 Å². The quantitative estimate of drug-likeness (QED) is 0.590. The molecule has 1 atom stereocenters. The molecule has 1 rings (SSSR count). The van der Waals surface area contributed by atoms with Gasteiger partial charge in [0.25, 0.3) is 0 Å². The van der Waals surface area contributed by atoms with E-state index >= 15 is 0 Å². The van der Waals surface area contributed by atoms with Gasteiger partial charge in [-0.15, -0.1) is 0 Å². The van der Waals surface area contributed by atoms with Gasteiger partial charge < -0.3 is 15.3 Å². The number of rotatable bonds is 6. The van der Waals surface area contributed by atoms with Gasteiger partial charge in [-0.1, -0.05) is 6.92 Å². The smallest absolute Gasteiger partial charge is 0.339 e. The number of aromatic hydroxyl groups is 1. The molecule has 0 bridgehead atoms. The second-order valence-corrected chi connectivity index (χ2v) is 5.61. The number of aromatic carboxylic acids is 1. The van der Waals surface area contributed by atoms with Gasteiger partial charge in [0.05, 0.1) is 11.5 Å². The minimum Gasteiger partial charge on any atom is -0.507 e. The van der Waals surface area contributed by atoms with E-state index in [9.17, 15) is 18.3 Å². The van der Waals surface area contributed by atoms with E-state index in [1.165, 1.54) is 0 Å².